The van der Waals surface area contributed by atoms with Gasteiger partial charge in [-0.05, 0) is 12.8 Å². The van der Waals surface area contributed by atoms with Crippen LogP contribution >= 0.6 is 0 Å². The molecule has 1 fully saturated rings. The number of aliphatic hydroxyl groups is 1. The molecule has 0 spiro atoms. The van der Waals surface area contributed by atoms with Crippen molar-refractivity contribution < 1.29 is 18.3 Å². The lowest BCUT2D eigenvalue weighted by Crippen LogP contribution is -2.40. The second-order valence-corrected chi connectivity index (χ2v) is 5.10. The van der Waals surface area contributed by atoms with Crippen molar-refractivity contribution in [3.05, 3.63) is 0 Å². The van der Waals surface area contributed by atoms with Gasteiger partial charge in [0.2, 0.25) is 0 Å². The zero-order chi connectivity index (χ0) is 11.1. The van der Waals surface area contributed by atoms with Gasteiger partial charge in [0.15, 0.2) is 0 Å². The highest BCUT2D eigenvalue weighted by atomic mass is 32.2. The van der Waals surface area contributed by atoms with Gasteiger partial charge in [-0.2, -0.15) is 17.4 Å². The van der Waals surface area contributed by atoms with Gasteiger partial charge in [-0.1, -0.05) is 0 Å². The average molecular weight is 238 g/mol. The SMILES string of the molecule is O=S(=O)(NCCOCCO)N1CCCC1. The summed E-state index contributed by atoms with van der Waals surface area (Å²) in [5.41, 5.74) is 0. The second kappa shape index (κ2) is 6.39. The van der Waals surface area contributed by atoms with E-state index in [9.17, 15) is 8.42 Å². The van der Waals surface area contributed by atoms with E-state index in [2.05, 4.69) is 4.72 Å². The first-order valence-electron chi connectivity index (χ1n) is 5.10. The molecule has 0 radical (unpaired) electrons. The molecule has 0 unspecified atom stereocenters. The summed E-state index contributed by atoms with van der Waals surface area (Å²) >= 11 is 0. The van der Waals surface area contributed by atoms with Crippen molar-refractivity contribution >= 4 is 10.2 Å². The van der Waals surface area contributed by atoms with Crippen molar-refractivity contribution in [3.8, 4) is 0 Å². The Labute approximate surface area is 90.4 Å². The highest BCUT2D eigenvalue weighted by Gasteiger charge is 2.24. The smallest absolute Gasteiger partial charge is 0.279 e. The maximum absolute atomic E-state index is 11.6. The van der Waals surface area contributed by atoms with Crippen LogP contribution in [0, 0.1) is 0 Å². The molecular weight excluding hydrogens is 220 g/mol. The minimum Gasteiger partial charge on any atom is -0.394 e. The van der Waals surface area contributed by atoms with Crippen LogP contribution in [0.15, 0.2) is 0 Å². The molecule has 15 heavy (non-hydrogen) atoms. The van der Waals surface area contributed by atoms with E-state index < -0.39 is 10.2 Å². The van der Waals surface area contributed by atoms with Crippen molar-refractivity contribution in [2.24, 2.45) is 0 Å². The van der Waals surface area contributed by atoms with Gasteiger partial charge in [-0.15, -0.1) is 0 Å². The number of nitrogens with one attached hydrogen (secondary N) is 1. The molecule has 0 aromatic heterocycles. The monoisotopic (exact) mass is 238 g/mol. The molecule has 0 saturated carbocycles. The highest BCUT2D eigenvalue weighted by Crippen LogP contribution is 2.10. The van der Waals surface area contributed by atoms with Crippen LogP contribution < -0.4 is 4.72 Å². The van der Waals surface area contributed by atoms with Crippen LogP contribution in [-0.4, -0.2) is 57.3 Å². The van der Waals surface area contributed by atoms with Gasteiger partial charge in [0.1, 0.15) is 0 Å². The third-order valence-electron chi connectivity index (χ3n) is 2.17. The van der Waals surface area contributed by atoms with Gasteiger partial charge in [-0.25, -0.2) is 0 Å². The first-order valence-corrected chi connectivity index (χ1v) is 6.54. The lowest BCUT2D eigenvalue weighted by Gasteiger charge is -2.15. The Balaban J connectivity index is 2.18. The van der Waals surface area contributed by atoms with Crippen LogP contribution in [-0.2, 0) is 14.9 Å². The van der Waals surface area contributed by atoms with Gasteiger partial charge >= 0.3 is 0 Å². The Morgan fingerprint density at radius 1 is 1.27 bits per heavy atom. The van der Waals surface area contributed by atoms with Crippen LogP contribution in [0.4, 0.5) is 0 Å². The second-order valence-electron chi connectivity index (χ2n) is 3.34. The van der Waals surface area contributed by atoms with Crippen molar-refractivity contribution in [2.45, 2.75) is 12.8 Å². The molecule has 0 aliphatic carbocycles. The highest BCUT2D eigenvalue weighted by molar-refractivity contribution is 7.87. The van der Waals surface area contributed by atoms with E-state index in [0.717, 1.165) is 12.8 Å². The Hall–Kier alpha value is -0.210. The number of rotatable bonds is 7. The van der Waals surface area contributed by atoms with Crippen LogP contribution in [0.2, 0.25) is 0 Å². The van der Waals surface area contributed by atoms with E-state index in [4.69, 9.17) is 9.84 Å². The summed E-state index contributed by atoms with van der Waals surface area (Å²) in [5.74, 6) is 0. The summed E-state index contributed by atoms with van der Waals surface area (Å²) in [6, 6.07) is 0. The van der Waals surface area contributed by atoms with E-state index in [0.29, 0.717) is 13.1 Å². The Morgan fingerprint density at radius 3 is 2.53 bits per heavy atom. The third kappa shape index (κ3) is 4.43. The van der Waals surface area contributed by atoms with Gasteiger partial charge < -0.3 is 9.84 Å². The number of ether oxygens (including phenoxy) is 1. The summed E-state index contributed by atoms with van der Waals surface area (Å²) in [6.45, 7) is 1.94. The van der Waals surface area contributed by atoms with Crippen LogP contribution in [0.25, 0.3) is 0 Å². The number of nitrogens with zero attached hydrogens (tertiary/aromatic N) is 1. The summed E-state index contributed by atoms with van der Waals surface area (Å²) < 4.78 is 32.0. The molecule has 1 rings (SSSR count). The van der Waals surface area contributed by atoms with Gasteiger partial charge in [0.25, 0.3) is 10.2 Å². The molecule has 0 atom stereocenters. The molecule has 1 aliphatic rings. The lowest BCUT2D eigenvalue weighted by molar-refractivity contribution is 0.0960. The summed E-state index contributed by atoms with van der Waals surface area (Å²) in [4.78, 5) is 0. The van der Waals surface area contributed by atoms with E-state index in [-0.39, 0.29) is 26.4 Å². The molecule has 2 N–H and O–H groups in total. The maximum atomic E-state index is 11.6. The Kier molecular flexibility index (Phi) is 5.48. The average Bonchev–Trinajstić information content (AvgIpc) is 2.70. The fraction of sp³-hybridized carbons (Fsp3) is 1.00. The van der Waals surface area contributed by atoms with Gasteiger partial charge in [-0.3, -0.25) is 0 Å². The Morgan fingerprint density at radius 2 is 1.93 bits per heavy atom. The molecule has 0 amide bonds. The molecular formula is C8H18N2O4S. The van der Waals surface area contributed by atoms with Crippen molar-refractivity contribution in [1.29, 1.82) is 0 Å². The quantitative estimate of drug-likeness (QED) is 0.553. The van der Waals surface area contributed by atoms with E-state index in [1.54, 1.807) is 0 Å². The summed E-state index contributed by atoms with van der Waals surface area (Å²) in [7, 11) is -3.31. The number of hydrogen-bond donors (Lipinski definition) is 2. The van der Waals surface area contributed by atoms with Crippen molar-refractivity contribution in [2.75, 3.05) is 39.5 Å². The van der Waals surface area contributed by atoms with E-state index in [1.165, 1.54) is 4.31 Å². The minimum absolute atomic E-state index is 0.0428. The third-order valence-corrected chi connectivity index (χ3v) is 3.79. The van der Waals surface area contributed by atoms with Crippen molar-refractivity contribution in [3.63, 3.8) is 0 Å². The molecule has 0 aromatic rings. The summed E-state index contributed by atoms with van der Waals surface area (Å²) in [5, 5.41) is 8.43. The maximum Gasteiger partial charge on any atom is 0.279 e. The fourth-order valence-corrected chi connectivity index (χ4v) is 2.69. The predicted molar refractivity (Wildman–Crippen MR) is 55.6 cm³/mol. The van der Waals surface area contributed by atoms with Crippen LogP contribution in [0.5, 0.6) is 0 Å². The lowest BCUT2D eigenvalue weighted by atomic mass is 10.4. The minimum atomic E-state index is -3.31. The van der Waals surface area contributed by atoms with Gasteiger partial charge in [0, 0.05) is 19.6 Å². The number of hydrogen-bond acceptors (Lipinski definition) is 4. The first kappa shape index (κ1) is 12.9. The van der Waals surface area contributed by atoms with Gasteiger partial charge in [0.05, 0.1) is 19.8 Å². The fourth-order valence-electron chi connectivity index (χ4n) is 1.43. The molecule has 0 aromatic carbocycles. The normalized spacial score (nSPS) is 18.5. The molecule has 1 heterocycles. The number of aliphatic hydroxyl groups excluding tert-OH is 1. The van der Waals surface area contributed by atoms with Crippen LogP contribution in [0.1, 0.15) is 12.8 Å². The molecule has 7 heteroatoms. The molecule has 1 aliphatic heterocycles. The summed E-state index contributed by atoms with van der Waals surface area (Å²) in [6.07, 6.45) is 1.86. The molecule has 0 bridgehead atoms. The van der Waals surface area contributed by atoms with Crippen molar-refractivity contribution in [1.82, 2.24) is 9.03 Å². The predicted octanol–water partition coefficient (Wildman–Crippen LogP) is -1.07. The zero-order valence-corrected chi connectivity index (χ0v) is 9.50. The zero-order valence-electron chi connectivity index (χ0n) is 8.68. The molecule has 1 saturated heterocycles. The Bertz CT molecular complexity index is 262. The van der Waals surface area contributed by atoms with Crippen LogP contribution in [0.3, 0.4) is 0 Å². The van der Waals surface area contributed by atoms with E-state index >= 15 is 0 Å². The topological polar surface area (TPSA) is 78.9 Å². The molecule has 90 valence electrons. The largest absolute Gasteiger partial charge is 0.394 e. The standard InChI is InChI=1S/C8H18N2O4S/c11-6-8-14-7-3-9-15(12,13)10-4-1-2-5-10/h9,11H,1-8H2. The first-order chi connectivity index (χ1) is 7.17. The molecule has 6 nitrogen and oxygen atoms in total. The van der Waals surface area contributed by atoms with E-state index in [1.807, 2.05) is 0 Å².